The van der Waals surface area contributed by atoms with Gasteiger partial charge in [-0.05, 0) is 7.05 Å². The molecular weight excluding hydrogens is 362 g/mol. The summed E-state index contributed by atoms with van der Waals surface area (Å²) in [5, 5.41) is 3.14. The Hall–Kier alpha value is -3.07. The van der Waals surface area contributed by atoms with Gasteiger partial charge in [-0.3, -0.25) is 4.79 Å². The minimum Gasteiger partial charge on any atom is -0.493 e. The van der Waals surface area contributed by atoms with E-state index in [2.05, 4.69) is 20.2 Å². The van der Waals surface area contributed by atoms with Gasteiger partial charge < -0.3 is 29.3 Å². The molecule has 0 atom stereocenters. The third kappa shape index (κ3) is 4.25. The summed E-state index contributed by atoms with van der Waals surface area (Å²) >= 11 is 0. The number of nitrogens with zero attached hydrogens (tertiary/aromatic N) is 4. The number of anilines is 2. The normalized spacial score (nSPS) is 14.5. The fourth-order valence-electron chi connectivity index (χ4n) is 2.98. The molecule has 3 rings (SSSR count). The Morgan fingerprint density at radius 3 is 2.11 bits per heavy atom. The first-order chi connectivity index (χ1) is 13.5. The topological polar surface area (TPSA) is 89.1 Å². The van der Waals surface area contributed by atoms with Crippen LogP contribution in [-0.4, -0.2) is 80.2 Å². The number of ether oxygens (including phenoxy) is 3. The van der Waals surface area contributed by atoms with Crippen molar-refractivity contribution in [2.45, 2.75) is 0 Å². The van der Waals surface area contributed by atoms with Crippen LogP contribution in [0.5, 0.6) is 17.2 Å². The summed E-state index contributed by atoms with van der Waals surface area (Å²) in [5.41, 5.74) is 1.03. The van der Waals surface area contributed by atoms with Crippen molar-refractivity contribution in [3.8, 4) is 17.2 Å². The Labute approximate surface area is 164 Å². The van der Waals surface area contributed by atoms with Crippen molar-refractivity contribution in [3.63, 3.8) is 0 Å². The van der Waals surface area contributed by atoms with Crippen LogP contribution in [0.25, 0.3) is 0 Å². The summed E-state index contributed by atoms with van der Waals surface area (Å²) < 4.78 is 16.0. The lowest BCUT2D eigenvalue weighted by Gasteiger charge is -2.32. The van der Waals surface area contributed by atoms with E-state index in [4.69, 9.17) is 14.2 Å². The summed E-state index contributed by atoms with van der Waals surface area (Å²) in [6.07, 6.45) is 3.02. The zero-order valence-electron chi connectivity index (χ0n) is 16.6. The first-order valence-corrected chi connectivity index (χ1v) is 8.92. The van der Waals surface area contributed by atoms with Crippen molar-refractivity contribution >= 4 is 17.4 Å². The molecule has 0 spiro atoms. The van der Waals surface area contributed by atoms with Crippen molar-refractivity contribution in [1.29, 1.82) is 0 Å². The highest BCUT2D eigenvalue weighted by atomic mass is 16.5. The van der Waals surface area contributed by atoms with Crippen molar-refractivity contribution in [2.75, 3.05) is 59.9 Å². The van der Waals surface area contributed by atoms with Gasteiger partial charge in [0.15, 0.2) is 11.5 Å². The standard InChI is InChI=1S/C19H25N5O4/c1-23-5-7-24(8-6-23)19(25)14-11-21-17(12-20-14)22-13-9-15(26-2)18(28-4)16(10-13)27-3/h9-12H,5-8H2,1-4H3,(H,21,22). The number of hydrogen-bond acceptors (Lipinski definition) is 8. The van der Waals surface area contributed by atoms with Crippen LogP contribution in [0.4, 0.5) is 11.5 Å². The first kappa shape index (κ1) is 19.7. The molecule has 0 saturated carbocycles. The number of carbonyl (C=O) groups excluding carboxylic acids is 1. The number of hydrogen-bond donors (Lipinski definition) is 1. The molecule has 2 heterocycles. The number of rotatable bonds is 6. The zero-order chi connectivity index (χ0) is 20.1. The van der Waals surface area contributed by atoms with E-state index >= 15 is 0 Å². The van der Waals surface area contributed by atoms with Crippen molar-refractivity contribution < 1.29 is 19.0 Å². The van der Waals surface area contributed by atoms with Gasteiger partial charge in [0.2, 0.25) is 5.75 Å². The minimum absolute atomic E-state index is 0.0973. The molecule has 9 heteroatoms. The molecule has 0 aliphatic carbocycles. The van der Waals surface area contributed by atoms with E-state index in [0.29, 0.717) is 47.5 Å². The summed E-state index contributed by atoms with van der Waals surface area (Å²) in [6.45, 7) is 3.12. The largest absolute Gasteiger partial charge is 0.493 e. The maximum Gasteiger partial charge on any atom is 0.274 e. The van der Waals surface area contributed by atoms with Gasteiger partial charge in [0.25, 0.3) is 5.91 Å². The second kappa shape index (κ2) is 8.75. The maximum atomic E-state index is 12.6. The molecule has 1 amide bonds. The summed E-state index contributed by atoms with van der Waals surface area (Å²) in [4.78, 5) is 25.1. The lowest BCUT2D eigenvalue weighted by Crippen LogP contribution is -2.47. The van der Waals surface area contributed by atoms with Crippen LogP contribution in [0.2, 0.25) is 0 Å². The molecule has 1 fully saturated rings. The van der Waals surface area contributed by atoms with Gasteiger partial charge in [-0.2, -0.15) is 0 Å². The molecule has 1 aliphatic heterocycles. The molecule has 0 radical (unpaired) electrons. The molecule has 1 aliphatic rings. The van der Waals surface area contributed by atoms with E-state index in [1.807, 2.05) is 7.05 Å². The van der Waals surface area contributed by atoms with Crippen molar-refractivity contribution in [2.24, 2.45) is 0 Å². The van der Waals surface area contributed by atoms with Gasteiger partial charge in [-0.15, -0.1) is 0 Å². The zero-order valence-corrected chi connectivity index (χ0v) is 16.6. The number of benzene rings is 1. The van der Waals surface area contributed by atoms with Crippen molar-refractivity contribution in [1.82, 2.24) is 19.8 Å². The predicted molar refractivity (Wildman–Crippen MR) is 105 cm³/mol. The second-order valence-corrected chi connectivity index (χ2v) is 6.42. The predicted octanol–water partition coefficient (Wildman–Crippen LogP) is 1.63. The third-order valence-electron chi connectivity index (χ3n) is 4.60. The molecule has 0 unspecified atom stereocenters. The second-order valence-electron chi connectivity index (χ2n) is 6.42. The average molecular weight is 387 g/mol. The Morgan fingerprint density at radius 1 is 0.964 bits per heavy atom. The van der Waals surface area contributed by atoms with Crippen molar-refractivity contribution in [3.05, 3.63) is 30.2 Å². The van der Waals surface area contributed by atoms with E-state index in [1.54, 1.807) is 38.4 Å². The van der Waals surface area contributed by atoms with Gasteiger partial charge in [-0.1, -0.05) is 0 Å². The summed E-state index contributed by atoms with van der Waals surface area (Å²) in [5.74, 6) is 1.97. The first-order valence-electron chi connectivity index (χ1n) is 8.92. The number of nitrogens with one attached hydrogen (secondary N) is 1. The Morgan fingerprint density at radius 2 is 1.61 bits per heavy atom. The lowest BCUT2D eigenvalue weighted by atomic mass is 10.2. The van der Waals surface area contributed by atoms with E-state index in [1.165, 1.54) is 12.4 Å². The highest BCUT2D eigenvalue weighted by molar-refractivity contribution is 5.92. The number of likely N-dealkylation sites (N-methyl/N-ethyl adjacent to an activating group) is 1. The van der Waals surface area contributed by atoms with E-state index in [-0.39, 0.29) is 5.91 Å². The molecule has 9 nitrogen and oxygen atoms in total. The van der Waals surface area contributed by atoms with Gasteiger partial charge in [-0.25, -0.2) is 9.97 Å². The Balaban J connectivity index is 1.73. The van der Waals surface area contributed by atoms with Gasteiger partial charge in [0.05, 0.1) is 33.7 Å². The fourth-order valence-corrected chi connectivity index (χ4v) is 2.98. The number of methoxy groups -OCH3 is 3. The lowest BCUT2D eigenvalue weighted by molar-refractivity contribution is 0.0658. The van der Waals surface area contributed by atoms with Crippen LogP contribution >= 0.6 is 0 Å². The fraction of sp³-hybridized carbons (Fsp3) is 0.421. The summed E-state index contributed by atoms with van der Waals surface area (Å²) in [6, 6.07) is 3.54. The van der Waals surface area contributed by atoms with Crippen LogP contribution in [-0.2, 0) is 0 Å². The number of piperazine rings is 1. The molecule has 0 bridgehead atoms. The van der Waals surface area contributed by atoms with Gasteiger partial charge in [0, 0.05) is 44.0 Å². The van der Waals surface area contributed by atoms with Gasteiger partial charge in [0.1, 0.15) is 11.5 Å². The number of aromatic nitrogens is 2. The molecule has 1 aromatic carbocycles. The minimum atomic E-state index is -0.0973. The number of amides is 1. The van der Waals surface area contributed by atoms with E-state index in [0.717, 1.165) is 13.1 Å². The van der Waals surface area contributed by atoms with E-state index in [9.17, 15) is 4.79 Å². The molecule has 28 heavy (non-hydrogen) atoms. The van der Waals surface area contributed by atoms with Crippen LogP contribution in [0.1, 0.15) is 10.5 Å². The molecular formula is C19H25N5O4. The monoisotopic (exact) mass is 387 g/mol. The molecule has 1 saturated heterocycles. The molecule has 1 aromatic heterocycles. The van der Waals surface area contributed by atoms with Crippen LogP contribution in [0, 0.1) is 0 Å². The third-order valence-corrected chi connectivity index (χ3v) is 4.60. The SMILES string of the molecule is COc1cc(Nc2cnc(C(=O)N3CCN(C)CC3)cn2)cc(OC)c1OC. The molecule has 2 aromatic rings. The molecule has 150 valence electrons. The van der Waals surface area contributed by atoms with Crippen LogP contribution < -0.4 is 19.5 Å². The smallest absolute Gasteiger partial charge is 0.274 e. The van der Waals surface area contributed by atoms with Gasteiger partial charge >= 0.3 is 0 Å². The summed E-state index contributed by atoms with van der Waals surface area (Å²) in [7, 11) is 6.71. The van der Waals surface area contributed by atoms with Crippen LogP contribution in [0.3, 0.4) is 0 Å². The number of carbonyl (C=O) groups is 1. The highest BCUT2D eigenvalue weighted by Gasteiger charge is 2.21. The molecule has 1 N–H and O–H groups in total. The Kier molecular flexibility index (Phi) is 6.15. The Bertz CT molecular complexity index is 795. The average Bonchev–Trinajstić information content (AvgIpc) is 2.73. The van der Waals surface area contributed by atoms with E-state index < -0.39 is 0 Å². The van der Waals surface area contributed by atoms with Crippen LogP contribution in [0.15, 0.2) is 24.5 Å². The highest BCUT2D eigenvalue weighted by Crippen LogP contribution is 2.40. The maximum absolute atomic E-state index is 12.6. The quantitative estimate of drug-likeness (QED) is 0.800.